The van der Waals surface area contributed by atoms with Crippen LogP contribution in [0.1, 0.15) is 23.7 Å². The Hall–Kier alpha value is -1.07. The third-order valence-corrected chi connectivity index (χ3v) is 3.09. The van der Waals surface area contributed by atoms with Gasteiger partial charge in [-0.15, -0.1) is 0 Å². The summed E-state index contributed by atoms with van der Waals surface area (Å²) in [6.07, 6.45) is 0.178. The largest absolute Gasteiger partial charge is 0.466 e. The van der Waals surface area contributed by atoms with Crippen LogP contribution < -0.4 is 0 Å². The number of amides is 1. The molecule has 0 bridgehead atoms. The number of carbonyl (C=O) groups excluding carboxylic acids is 2. The second kappa shape index (κ2) is 7.50. The van der Waals surface area contributed by atoms with Crippen molar-refractivity contribution in [3.63, 3.8) is 0 Å². The summed E-state index contributed by atoms with van der Waals surface area (Å²) in [5.41, 5.74) is 0.478. The van der Waals surface area contributed by atoms with E-state index in [1.807, 2.05) is 0 Å². The fourth-order valence-corrected chi connectivity index (χ4v) is 2.35. The lowest BCUT2D eigenvalue weighted by atomic mass is 10.2. The molecule has 19 heavy (non-hydrogen) atoms. The zero-order valence-corrected chi connectivity index (χ0v) is 13.1. The zero-order valence-electron chi connectivity index (χ0n) is 10.8. The summed E-state index contributed by atoms with van der Waals surface area (Å²) in [5.74, 6) is -0.498. The van der Waals surface area contributed by atoms with Gasteiger partial charge in [-0.1, -0.05) is 27.5 Å². The second-order valence-electron chi connectivity index (χ2n) is 3.94. The molecule has 1 aromatic carbocycles. The standard InChI is InChI=1S/C13H15BrClNO3/c1-3-19-12(17)4-5-16(2)13(18)9-6-10(14)8-11(15)7-9/h6-8H,3-5H2,1-2H3. The van der Waals surface area contributed by atoms with Crippen LogP contribution >= 0.6 is 27.5 Å². The molecule has 1 aromatic rings. The molecule has 0 atom stereocenters. The van der Waals surface area contributed by atoms with Crippen molar-refractivity contribution in [2.24, 2.45) is 0 Å². The van der Waals surface area contributed by atoms with Crippen LogP contribution in [0.25, 0.3) is 0 Å². The number of carbonyl (C=O) groups is 2. The van der Waals surface area contributed by atoms with Crippen molar-refractivity contribution in [3.8, 4) is 0 Å². The zero-order chi connectivity index (χ0) is 14.4. The van der Waals surface area contributed by atoms with Crippen molar-refractivity contribution in [1.82, 2.24) is 4.90 Å². The molecule has 6 heteroatoms. The molecule has 0 unspecified atom stereocenters. The van der Waals surface area contributed by atoms with Crippen molar-refractivity contribution < 1.29 is 14.3 Å². The van der Waals surface area contributed by atoms with E-state index in [-0.39, 0.29) is 18.3 Å². The highest BCUT2D eigenvalue weighted by molar-refractivity contribution is 9.10. The van der Waals surface area contributed by atoms with Gasteiger partial charge in [0.05, 0.1) is 13.0 Å². The first-order chi connectivity index (χ1) is 8.93. The van der Waals surface area contributed by atoms with E-state index < -0.39 is 0 Å². The third-order valence-electron chi connectivity index (χ3n) is 2.41. The van der Waals surface area contributed by atoms with Gasteiger partial charge in [0.15, 0.2) is 0 Å². The van der Waals surface area contributed by atoms with Gasteiger partial charge in [0, 0.05) is 28.7 Å². The van der Waals surface area contributed by atoms with Crippen LogP contribution in [-0.2, 0) is 9.53 Å². The molecule has 4 nitrogen and oxygen atoms in total. The molecule has 1 rings (SSSR count). The monoisotopic (exact) mass is 347 g/mol. The number of nitrogens with zero attached hydrogens (tertiary/aromatic N) is 1. The molecular weight excluding hydrogens is 334 g/mol. The lowest BCUT2D eigenvalue weighted by molar-refractivity contribution is -0.143. The predicted octanol–water partition coefficient (Wildman–Crippen LogP) is 3.13. The average molecular weight is 349 g/mol. The van der Waals surface area contributed by atoms with E-state index in [4.69, 9.17) is 16.3 Å². The fraction of sp³-hybridized carbons (Fsp3) is 0.385. The van der Waals surface area contributed by atoms with E-state index in [0.29, 0.717) is 23.7 Å². The molecule has 0 N–H and O–H groups in total. The predicted molar refractivity (Wildman–Crippen MR) is 77.4 cm³/mol. The van der Waals surface area contributed by atoms with Crippen LogP contribution in [0.15, 0.2) is 22.7 Å². The van der Waals surface area contributed by atoms with Crippen molar-refractivity contribution in [2.75, 3.05) is 20.2 Å². The normalized spacial score (nSPS) is 10.1. The van der Waals surface area contributed by atoms with E-state index in [0.717, 1.165) is 4.47 Å². The van der Waals surface area contributed by atoms with Crippen LogP contribution in [0.4, 0.5) is 0 Å². The van der Waals surface area contributed by atoms with Crippen molar-refractivity contribution in [3.05, 3.63) is 33.3 Å². The number of benzene rings is 1. The van der Waals surface area contributed by atoms with Crippen LogP contribution in [0.3, 0.4) is 0 Å². The van der Waals surface area contributed by atoms with E-state index >= 15 is 0 Å². The summed E-state index contributed by atoms with van der Waals surface area (Å²) in [6.45, 7) is 2.40. The van der Waals surface area contributed by atoms with Crippen molar-refractivity contribution in [1.29, 1.82) is 0 Å². The second-order valence-corrected chi connectivity index (χ2v) is 5.29. The summed E-state index contributed by atoms with van der Waals surface area (Å²) >= 11 is 9.18. The Morgan fingerprint density at radius 2 is 2.05 bits per heavy atom. The average Bonchev–Trinajstić information content (AvgIpc) is 2.34. The molecule has 104 valence electrons. The summed E-state index contributed by atoms with van der Waals surface area (Å²) < 4.78 is 5.55. The molecule has 0 saturated carbocycles. The van der Waals surface area contributed by atoms with Gasteiger partial charge in [0.1, 0.15) is 0 Å². The van der Waals surface area contributed by atoms with Gasteiger partial charge in [0.2, 0.25) is 0 Å². The first kappa shape index (κ1) is 16.0. The SMILES string of the molecule is CCOC(=O)CCN(C)C(=O)c1cc(Cl)cc(Br)c1. The van der Waals surface area contributed by atoms with Gasteiger partial charge in [-0.3, -0.25) is 9.59 Å². The van der Waals surface area contributed by atoms with Gasteiger partial charge in [-0.2, -0.15) is 0 Å². The minimum Gasteiger partial charge on any atom is -0.466 e. The van der Waals surface area contributed by atoms with E-state index in [1.54, 1.807) is 32.2 Å². The van der Waals surface area contributed by atoms with Gasteiger partial charge < -0.3 is 9.64 Å². The van der Waals surface area contributed by atoms with Crippen molar-refractivity contribution in [2.45, 2.75) is 13.3 Å². The maximum atomic E-state index is 12.1. The number of hydrogen-bond acceptors (Lipinski definition) is 3. The molecular formula is C13H15BrClNO3. The molecule has 0 saturated heterocycles. The lowest BCUT2D eigenvalue weighted by Gasteiger charge is -2.17. The minimum absolute atomic E-state index is 0.178. The highest BCUT2D eigenvalue weighted by Gasteiger charge is 2.14. The molecule has 0 aliphatic rings. The fourth-order valence-electron chi connectivity index (χ4n) is 1.49. The Balaban J connectivity index is 2.63. The summed E-state index contributed by atoms with van der Waals surface area (Å²) in [7, 11) is 1.64. The number of hydrogen-bond donors (Lipinski definition) is 0. The highest BCUT2D eigenvalue weighted by atomic mass is 79.9. The molecule has 0 aromatic heterocycles. The first-order valence-electron chi connectivity index (χ1n) is 5.81. The number of esters is 1. The molecule has 0 radical (unpaired) electrons. The minimum atomic E-state index is -0.311. The number of rotatable bonds is 5. The molecule has 0 heterocycles. The number of halogens is 2. The Labute approximate surface area is 125 Å². The molecule has 0 spiro atoms. The van der Waals surface area contributed by atoms with Gasteiger partial charge >= 0.3 is 5.97 Å². The van der Waals surface area contributed by atoms with Gasteiger partial charge in [-0.25, -0.2) is 0 Å². The Kier molecular flexibility index (Phi) is 6.31. The molecule has 0 aliphatic heterocycles. The van der Waals surface area contributed by atoms with Crippen LogP contribution in [0.2, 0.25) is 5.02 Å². The Bertz CT molecular complexity index is 459. The molecule has 0 fully saturated rings. The first-order valence-corrected chi connectivity index (χ1v) is 6.98. The van der Waals surface area contributed by atoms with E-state index in [1.165, 1.54) is 4.90 Å². The van der Waals surface area contributed by atoms with Crippen LogP contribution in [0.5, 0.6) is 0 Å². The maximum Gasteiger partial charge on any atom is 0.307 e. The van der Waals surface area contributed by atoms with Crippen LogP contribution in [0, 0.1) is 0 Å². The number of ether oxygens (including phenoxy) is 1. The molecule has 1 amide bonds. The van der Waals surface area contributed by atoms with E-state index in [9.17, 15) is 9.59 Å². The van der Waals surface area contributed by atoms with Crippen LogP contribution in [-0.4, -0.2) is 37.0 Å². The van der Waals surface area contributed by atoms with E-state index in [2.05, 4.69) is 15.9 Å². The van der Waals surface area contributed by atoms with Gasteiger partial charge in [-0.05, 0) is 25.1 Å². The summed E-state index contributed by atoms with van der Waals surface area (Å²) in [6, 6.07) is 4.99. The highest BCUT2D eigenvalue weighted by Crippen LogP contribution is 2.20. The molecule has 0 aliphatic carbocycles. The lowest BCUT2D eigenvalue weighted by Crippen LogP contribution is -2.29. The Morgan fingerprint density at radius 1 is 1.37 bits per heavy atom. The Morgan fingerprint density at radius 3 is 2.63 bits per heavy atom. The topological polar surface area (TPSA) is 46.6 Å². The van der Waals surface area contributed by atoms with Gasteiger partial charge in [0.25, 0.3) is 5.91 Å². The smallest absolute Gasteiger partial charge is 0.307 e. The summed E-state index contributed by atoms with van der Waals surface area (Å²) in [4.78, 5) is 24.8. The quantitative estimate of drug-likeness (QED) is 0.768. The van der Waals surface area contributed by atoms with Crippen molar-refractivity contribution >= 4 is 39.4 Å². The summed E-state index contributed by atoms with van der Waals surface area (Å²) in [5, 5.41) is 0.483. The third kappa shape index (κ3) is 5.20. The maximum absolute atomic E-state index is 12.1.